The summed E-state index contributed by atoms with van der Waals surface area (Å²) in [6.07, 6.45) is 0.917. The zero-order valence-electron chi connectivity index (χ0n) is 11.6. The van der Waals surface area contributed by atoms with Crippen LogP contribution in [0.2, 0.25) is 0 Å². The highest BCUT2D eigenvalue weighted by molar-refractivity contribution is 7.92. The van der Waals surface area contributed by atoms with Crippen LogP contribution in [0.5, 0.6) is 0 Å². The van der Waals surface area contributed by atoms with E-state index in [2.05, 4.69) is 5.32 Å². The minimum Gasteiger partial charge on any atom is -0.340 e. The minimum absolute atomic E-state index is 0.219. The highest BCUT2D eigenvalue weighted by Gasteiger charge is 2.15. The van der Waals surface area contributed by atoms with Gasteiger partial charge in [-0.25, -0.2) is 12.8 Å². The van der Waals surface area contributed by atoms with E-state index >= 15 is 0 Å². The third-order valence-electron chi connectivity index (χ3n) is 2.55. The molecule has 8 heteroatoms. The van der Waals surface area contributed by atoms with Gasteiger partial charge in [-0.3, -0.25) is 9.52 Å². The van der Waals surface area contributed by atoms with Crippen molar-refractivity contribution in [3.63, 3.8) is 0 Å². The van der Waals surface area contributed by atoms with Crippen molar-refractivity contribution in [3.8, 4) is 0 Å². The second-order valence-corrected chi connectivity index (χ2v) is 6.15. The standard InChI is InChI=1S/C12H18FN3O3S/c1-14-6-7-16(2)12(17)9-4-5-10(13)11(8-9)15-20(3,18)19/h4-5,8,14-15H,6-7H2,1-3H3. The van der Waals surface area contributed by atoms with Gasteiger partial charge in [0.1, 0.15) is 5.82 Å². The number of nitrogens with zero attached hydrogens (tertiary/aromatic N) is 1. The third kappa shape index (κ3) is 4.78. The summed E-state index contributed by atoms with van der Waals surface area (Å²) < 4.78 is 37.8. The number of sulfonamides is 1. The van der Waals surface area contributed by atoms with Crippen LogP contribution in [0, 0.1) is 5.82 Å². The molecule has 1 rings (SSSR count). The summed E-state index contributed by atoms with van der Waals surface area (Å²) in [7, 11) is -0.216. The van der Waals surface area contributed by atoms with Crippen LogP contribution in [0.15, 0.2) is 18.2 Å². The Bertz CT molecular complexity index is 590. The number of likely N-dealkylation sites (N-methyl/N-ethyl adjacent to an activating group) is 2. The molecule has 1 amide bonds. The van der Waals surface area contributed by atoms with Gasteiger partial charge in [-0.1, -0.05) is 0 Å². The number of hydrogen-bond donors (Lipinski definition) is 2. The lowest BCUT2D eigenvalue weighted by Gasteiger charge is -2.17. The van der Waals surface area contributed by atoms with Crippen molar-refractivity contribution in [1.29, 1.82) is 0 Å². The number of benzene rings is 1. The summed E-state index contributed by atoms with van der Waals surface area (Å²) in [5.74, 6) is -1.04. The molecule has 1 aromatic carbocycles. The number of carbonyl (C=O) groups excluding carboxylic acids is 1. The maximum absolute atomic E-state index is 13.5. The number of nitrogens with one attached hydrogen (secondary N) is 2. The molecule has 112 valence electrons. The molecular weight excluding hydrogens is 285 g/mol. The van der Waals surface area contributed by atoms with E-state index in [-0.39, 0.29) is 17.2 Å². The molecule has 0 saturated carbocycles. The summed E-state index contributed by atoms with van der Waals surface area (Å²) in [6.45, 7) is 1.11. The number of carbonyl (C=O) groups is 1. The van der Waals surface area contributed by atoms with E-state index in [0.717, 1.165) is 12.3 Å². The molecule has 20 heavy (non-hydrogen) atoms. The molecule has 0 saturated heterocycles. The number of anilines is 1. The maximum atomic E-state index is 13.5. The van der Waals surface area contributed by atoms with Gasteiger partial charge < -0.3 is 10.2 Å². The Morgan fingerprint density at radius 2 is 2.05 bits per heavy atom. The summed E-state index contributed by atoms with van der Waals surface area (Å²) in [6, 6.07) is 3.57. The maximum Gasteiger partial charge on any atom is 0.253 e. The summed E-state index contributed by atoms with van der Waals surface area (Å²) in [4.78, 5) is 13.5. The summed E-state index contributed by atoms with van der Waals surface area (Å²) >= 11 is 0. The van der Waals surface area contributed by atoms with Crippen LogP contribution in [0.4, 0.5) is 10.1 Å². The van der Waals surface area contributed by atoms with Crippen LogP contribution in [-0.4, -0.2) is 52.7 Å². The van der Waals surface area contributed by atoms with Crippen LogP contribution >= 0.6 is 0 Å². The van der Waals surface area contributed by atoms with Crippen molar-refractivity contribution in [1.82, 2.24) is 10.2 Å². The van der Waals surface area contributed by atoms with E-state index in [9.17, 15) is 17.6 Å². The van der Waals surface area contributed by atoms with Crippen LogP contribution in [0.3, 0.4) is 0 Å². The predicted molar refractivity (Wildman–Crippen MR) is 75.8 cm³/mol. The van der Waals surface area contributed by atoms with Gasteiger partial charge in [-0.05, 0) is 25.2 Å². The quantitative estimate of drug-likeness (QED) is 0.801. The Hall–Kier alpha value is -1.67. The lowest BCUT2D eigenvalue weighted by molar-refractivity contribution is 0.0797. The Morgan fingerprint density at radius 3 is 2.60 bits per heavy atom. The highest BCUT2D eigenvalue weighted by atomic mass is 32.2. The third-order valence-corrected chi connectivity index (χ3v) is 3.14. The molecule has 0 aliphatic carbocycles. The lowest BCUT2D eigenvalue weighted by Crippen LogP contribution is -2.32. The van der Waals surface area contributed by atoms with Gasteiger partial charge in [0.25, 0.3) is 5.91 Å². The van der Waals surface area contributed by atoms with Gasteiger partial charge in [0.2, 0.25) is 10.0 Å². The number of rotatable bonds is 6. The van der Waals surface area contributed by atoms with E-state index in [1.54, 1.807) is 14.1 Å². The van der Waals surface area contributed by atoms with Crippen molar-refractivity contribution < 1.29 is 17.6 Å². The van der Waals surface area contributed by atoms with Crippen LogP contribution in [-0.2, 0) is 10.0 Å². The molecule has 0 aromatic heterocycles. The second kappa shape index (κ2) is 6.67. The normalized spacial score (nSPS) is 11.2. The van der Waals surface area contributed by atoms with Gasteiger partial charge in [0.15, 0.2) is 0 Å². The van der Waals surface area contributed by atoms with Crippen LogP contribution < -0.4 is 10.0 Å². The lowest BCUT2D eigenvalue weighted by atomic mass is 10.1. The largest absolute Gasteiger partial charge is 0.340 e. The molecule has 0 atom stereocenters. The first-order valence-electron chi connectivity index (χ1n) is 5.92. The van der Waals surface area contributed by atoms with Gasteiger partial charge in [0, 0.05) is 25.7 Å². The van der Waals surface area contributed by atoms with Crippen molar-refractivity contribution >= 4 is 21.6 Å². The van der Waals surface area contributed by atoms with Crippen molar-refractivity contribution in [2.45, 2.75) is 0 Å². The molecule has 0 spiro atoms. The van der Waals surface area contributed by atoms with Gasteiger partial charge in [-0.15, -0.1) is 0 Å². The minimum atomic E-state index is -3.60. The molecule has 0 aliphatic heterocycles. The van der Waals surface area contributed by atoms with Crippen LogP contribution in [0.25, 0.3) is 0 Å². The summed E-state index contributed by atoms with van der Waals surface area (Å²) in [5.41, 5.74) is -0.0171. The molecular formula is C12H18FN3O3S. The molecule has 0 radical (unpaired) electrons. The predicted octanol–water partition coefficient (Wildman–Crippen LogP) is 0.489. The van der Waals surface area contributed by atoms with Crippen molar-refractivity contribution in [2.24, 2.45) is 0 Å². The van der Waals surface area contributed by atoms with Gasteiger partial charge in [-0.2, -0.15) is 0 Å². The SMILES string of the molecule is CNCCN(C)C(=O)c1ccc(F)c(NS(C)(=O)=O)c1. The fourth-order valence-corrected chi connectivity index (χ4v) is 2.09. The van der Waals surface area contributed by atoms with Gasteiger partial charge >= 0.3 is 0 Å². The Kier molecular flexibility index (Phi) is 5.46. The van der Waals surface area contributed by atoms with E-state index in [4.69, 9.17) is 0 Å². The zero-order valence-corrected chi connectivity index (χ0v) is 12.4. The van der Waals surface area contributed by atoms with E-state index in [1.807, 2.05) is 4.72 Å². The molecule has 0 bridgehead atoms. The topological polar surface area (TPSA) is 78.5 Å². The number of halogens is 1. The smallest absolute Gasteiger partial charge is 0.253 e. The highest BCUT2D eigenvalue weighted by Crippen LogP contribution is 2.18. The molecule has 2 N–H and O–H groups in total. The first-order valence-corrected chi connectivity index (χ1v) is 7.81. The average molecular weight is 303 g/mol. The van der Waals surface area contributed by atoms with Crippen molar-refractivity contribution in [2.75, 3.05) is 38.2 Å². The van der Waals surface area contributed by atoms with Crippen LogP contribution in [0.1, 0.15) is 10.4 Å². The summed E-state index contributed by atoms with van der Waals surface area (Å²) in [5, 5.41) is 2.91. The fraction of sp³-hybridized carbons (Fsp3) is 0.417. The average Bonchev–Trinajstić information content (AvgIpc) is 2.36. The molecule has 0 unspecified atom stereocenters. The molecule has 6 nitrogen and oxygen atoms in total. The zero-order chi connectivity index (χ0) is 15.3. The number of hydrogen-bond acceptors (Lipinski definition) is 4. The first kappa shape index (κ1) is 16.4. The number of amides is 1. The fourth-order valence-electron chi connectivity index (χ4n) is 1.54. The molecule has 0 heterocycles. The Labute approximate surface area is 118 Å². The second-order valence-electron chi connectivity index (χ2n) is 4.40. The van der Waals surface area contributed by atoms with E-state index < -0.39 is 15.8 Å². The van der Waals surface area contributed by atoms with E-state index in [0.29, 0.717) is 13.1 Å². The Morgan fingerprint density at radius 1 is 1.40 bits per heavy atom. The Balaban J connectivity index is 2.97. The first-order chi connectivity index (χ1) is 9.24. The van der Waals surface area contributed by atoms with E-state index in [1.165, 1.54) is 17.0 Å². The molecule has 0 aliphatic rings. The molecule has 0 fully saturated rings. The van der Waals surface area contributed by atoms with Gasteiger partial charge in [0.05, 0.1) is 11.9 Å². The van der Waals surface area contributed by atoms with Crippen molar-refractivity contribution in [3.05, 3.63) is 29.6 Å². The molecule has 1 aromatic rings. The monoisotopic (exact) mass is 303 g/mol.